The maximum Gasteiger partial charge on any atom is 0.185 e. The summed E-state index contributed by atoms with van der Waals surface area (Å²) in [5, 5.41) is 8.73. The molecule has 0 spiro atoms. The molecule has 16 heavy (non-hydrogen) atoms. The molecule has 80 valence electrons. The van der Waals surface area contributed by atoms with Crippen LogP contribution in [0.3, 0.4) is 0 Å². The first-order valence-corrected chi connectivity index (χ1v) is 5.43. The highest BCUT2D eigenvalue weighted by atomic mass is 16.1. The molecule has 1 aromatic carbocycles. The van der Waals surface area contributed by atoms with Crippen LogP contribution in [0.1, 0.15) is 29.3 Å². The lowest BCUT2D eigenvalue weighted by molar-refractivity contribution is 0.104. The van der Waals surface area contributed by atoms with Crippen LogP contribution in [0, 0.1) is 23.2 Å². The summed E-state index contributed by atoms with van der Waals surface area (Å²) >= 11 is 0. The quantitative estimate of drug-likeness (QED) is 0.569. The highest BCUT2D eigenvalue weighted by Crippen LogP contribution is 2.38. The molecule has 1 aromatic rings. The molecule has 1 aliphatic carbocycles. The minimum Gasteiger partial charge on any atom is -0.289 e. The van der Waals surface area contributed by atoms with Gasteiger partial charge in [-0.1, -0.05) is 25.1 Å². The average Bonchev–Trinajstić information content (AvgIpc) is 3.02. The van der Waals surface area contributed by atoms with Crippen molar-refractivity contribution in [1.82, 2.24) is 0 Å². The van der Waals surface area contributed by atoms with E-state index in [9.17, 15) is 4.79 Å². The third-order valence-electron chi connectivity index (χ3n) is 2.94. The van der Waals surface area contributed by atoms with E-state index in [1.54, 1.807) is 30.3 Å². The number of nitrogens with zero attached hydrogens (tertiary/aromatic N) is 1. The lowest BCUT2D eigenvalue weighted by Crippen LogP contribution is -1.94. The third-order valence-corrected chi connectivity index (χ3v) is 2.94. The molecule has 1 saturated carbocycles. The van der Waals surface area contributed by atoms with Crippen LogP contribution < -0.4 is 0 Å². The number of hydrogen-bond donors (Lipinski definition) is 0. The summed E-state index contributed by atoms with van der Waals surface area (Å²) in [7, 11) is 0. The van der Waals surface area contributed by atoms with Gasteiger partial charge in [0.25, 0.3) is 0 Å². The van der Waals surface area contributed by atoms with E-state index in [0.717, 1.165) is 5.92 Å². The lowest BCUT2D eigenvalue weighted by Gasteiger charge is -1.95. The molecule has 0 aromatic heterocycles. The first kappa shape index (κ1) is 10.6. The maximum absolute atomic E-state index is 11.8. The number of rotatable bonds is 3. The summed E-state index contributed by atoms with van der Waals surface area (Å²) in [5.41, 5.74) is 1.11. The van der Waals surface area contributed by atoms with Gasteiger partial charge in [-0.15, -0.1) is 0 Å². The monoisotopic (exact) mass is 211 g/mol. The molecule has 2 atom stereocenters. The van der Waals surface area contributed by atoms with Gasteiger partial charge in [0.1, 0.15) is 0 Å². The number of carbonyl (C=O) groups excluding carboxylic acids is 1. The summed E-state index contributed by atoms with van der Waals surface area (Å²) < 4.78 is 0. The molecule has 0 amide bonds. The van der Waals surface area contributed by atoms with Crippen molar-refractivity contribution in [3.05, 3.63) is 47.5 Å². The predicted molar refractivity (Wildman–Crippen MR) is 61.9 cm³/mol. The number of hydrogen-bond acceptors (Lipinski definition) is 2. The Morgan fingerprint density at radius 1 is 1.56 bits per heavy atom. The Morgan fingerprint density at radius 2 is 2.31 bits per heavy atom. The molecule has 2 nitrogen and oxygen atoms in total. The first-order valence-electron chi connectivity index (χ1n) is 5.43. The second kappa shape index (κ2) is 4.32. The van der Waals surface area contributed by atoms with Crippen molar-refractivity contribution in [3.8, 4) is 6.07 Å². The molecular weight excluding hydrogens is 198 g/mol. The van der Waals surface area contributed by atoms with E-state index in [1.807, 2.05) is 12.1 Å². The Hall–Kier alpha value is -1.88. The lowest BCUT2D eigenvalue weighted by atomic mass is 10.1. The van der Waals surface area contributed by atoms with Crippen molar-refractivity contribution < 1.29 is 4.79 Å². The van der Waals surface area contributed by atoms with Crippen molar-refractivity contribution in [1.29, 1.82) is 5.26 Å². The minimum atomic E-state index is -0.0174. The fourth-order valence-corrected chi connectivity index (χ4v) is 1.67. The van der Waals surface area contributed by atoms with Gasteiger partial charge in [-0.3, -0.25) is 4.79 Å². The van der Waals surface area contributed by atoms with Crippen molar-refractivity contribution in [2.24, 2.45) is 11.8 Å². The van der Waals surface area contributed by atoms with E-state index >= 15 is 0 Å². The van der Waals surface area contributed by atoms with Gasteiger partial charge in [0.15, 0.2) is 5.78 Å². The first-order chi connectivity index (χ1) is 7.70. The normalized spacial score (nSPS) is 23.0. The fourth-order valence-electron chi connectivity index (χ4n) is 1.67. The zero-order chi connectivity index (χ0) is 11.5. The molecule has 0 saturated heterocycles. The van der Waals surface area contributed by atoms with Gasteiger partial charge in [-0.2, -0.15) is 5.26 Å². The predicted octanol–water partition coefficient (Wildman–Crippen LogP) is 2.95. The summed E-state index contributed by atoms with van der Waals surface area (Å²) in [6.07, 6.45) is 4.79. The van der Waals surface area contributed by atoms with Crippen LogP contribution >= 0.6 is 0 Å². The van der Waals surface area contributed by atoms with E-state index in [1.165, 1.54) is 6.42 Å². The molecule has 0 bridgehead atoms. The van der Waals surface area contributed by atoms with Gasteiger partial charge in [0.2, 0.25) is 0 Å². The molecule has 0 heterocycles. The van der Waals surface area contributed by atoms with Crippen molar-refractivity contribution >= 4 is 5.78 Å². The molecule has 2 rings (SSSR count). The molecular formula is C14H13NO. The number of nitriles is 1. The van der Waals surface area contributed by atoms with Crippen LogP contribution in [0.5, 0.6) is 0 Å². The zero-order valence-electron chi connectivity index (χ0n) is 9.18. The summed E-state index contributed by atoms with van der Waals surface area (Å²) in [6, 6.07) is 8.83. The van der Waals surface area contributed by atoms with Gasteiger partial charge < -0.3 is 0 Å². The van der Waals surface area contributed by atoms with E-state index in [4.69, 9.17) is 5.26 Å². The second-order valence-electron chi connectivity index (χ2n) is 4.29. The molecule has 0 aliphatic heterocycles. The fraction of sp³-hybridized carbons (Fsp3) is 0.286. The van der Waals surface area contributed by atoms with Crippen molar-refractivity contribution in [3.63, 3.8) is 0 Å². The number of ketones is 1. The number of carbonyl (C=O) groups is 1. The largest absolute Gasteiger partial charge is 0.289 e. The maximum atomic E-state index is 11.8. The zero-order valence-corrected chi connectivity index (χ0v) is 9.18. The van der Waals surface area contributed by atoms with Crippen LogP contribution in [-0.2, 0) is 0 Å². The van der Waals surface area contributed by atoms with Gasteiger partial charge in [-0.05, 0) is 36.5 Å². The van der Waals surface area contributed by atoms with Gasteiger partial charge >= 0.3 is 0 Å². The Balaban J connectivity index is 2.09. The summed E-state index contributed by atoms with van der Waals surface area (Å²) in [6.45, 7) is 2.18. The molecule has 0 radical (unpaired) electrons. The molecule has 1 fully saturated rings. The van der Waals surface area contributed by atoms with E-state index in [-0.39, 0.29) is 5.78 Å². The number of allylic oxidation sites excluding steroid dienone is 2. The molecule has 2 heteroatoms. The topological polar surface area (TPSA) is 40.9 Å². The second-order valence-corrected chi connectivity index (χ2v) is 4.29. The van der Waals surface area contributed by atoms with Crippen LogP contribution in [-0.4, -0.2) is 5.78 Å². The van der Waals surface area contributed by atoms with E-state index < -0.39 is 0 Å². The standard InChI is InChI=1S/C14H13NO/c1-10-7-12(10)5-6-14(16)13-4-2-3-11(8-13)9-15/h2-6,8,10,12H,7H2,1H3/b6-5+/t10-,12?/m0/s1. The Kier molecular flexibility index (Phi) is 2.87. The highest BCUT2D eigenvalue weighted by molar-refractivity contribution is 6.04. The van der Waals surface area contributed by atoms with Crippen LogP contribution in [0.15, 0.2) is 36.4 Å². The highest BCUT2D eigenvalue weighted by Gasteiger charge is 2.29. The SMILES string of the molecule is C[C@H]1CC1/C=C/C(=O)c1cccc(C#N)c1. The Bertz CT molecular complexity index is 482. The molecule has 1 unspecified atom stereocenters. The van der Waals surface area contributed by atoms with Crippen LogP contribution in [0.25, 0.3) is 0 Å². The van der Waals surface area contributed by atoms with E-state index in [0.29, 0.717) is 17.0 Å². The average molecular weight is 211 g/mol. The summed E-state index contributed by atoms with van der Waals surface area (Å²) in [5.74, 6) is 1.27. The Labute approximate surface area is 95.2 Å². The molecule has 1 aliphatic rings. The van der Waals surface area contributed by atoms with Crippen molar-refractivity contribution in [2.75, 3.05) is 0 Å². The Morgan fingerprint density at radius 3 is 2.94 bits per heavy atom. The smallest absolute Gasteiger partial charge is 0.185 e. The molecule has 0 N–H and O–H groups in total. The number of benzene rings is 1. The minimum absolute atomic E-state index is 0.0174. The van der Waals surface area contributed by atoms with Crippen LogP contribution in [0.4, 0.5) is 0 Å². The van der Waals surface area contributed by atoms with Crippen molar-refractivity contribution in [2.45, 2.75) is 13.3 Å². The summed E-state index contributed by atoms with van der Waals surface area (Å²) in [4.78, 5) is 11.8. The van der Waals surface area contributed by atoms with Gasteiger partial charge in [0.05, 0.1) is 11.6 Å². The van der Waals surface area contributed by atoms with Gasteiger partial charge in [-0.25, -0.2) is 0 Å². The van der Waals surface area contributed by atoms with Crippen LogP contribution in [0.2, 0.25) is 0 Å². The van der Waals surface area contributed by atoms with E-state index in [2.05, 4.69) is 6.92 Å². The van der Waals surface area contributed by atoms with Gasteiger partial charge in [0, 0.05) is 5.56 Å². The third kappa shape index (κ3) is 2.38.